The fraction of sp³-hybridized carbons (Fsp3) is 0.417. The third-order valence-corrected chi connectivity index (χ3v) is 2.59. The van der Waals surface area contributed by atoms with E-state index in [4.69, 9.17) is 0 Å². The van der Waals surface area contributed by atoms with Crippen LogP contribution in [0.4, 0.5) is 18.9 Å². The molecule has 0 aliphatic carbocycles. The largest absolute Gasteiger partial charge is 0.374 e. The minimum absolute atomic E-state index is 0.00612. The van der Waals surface area contributed by atoms with Gasteiger partial charge in [0.25, 0.3) is 0 Å². The molecule has 0 unspecified atom stereocenters. The lowest BCUT2D eigenvalue weighted by atomic mass is 10.2. The van der Waals surface area contributed by atoms with Crippen LogP contribution in [0.5, 0.6) is 0 Å². The molecule has 1 N–H and O–H groups in total. The van der Waals surface area contributed by atoms with Gasteiger partial charge in [-0.05, 0) is 13.8 Å². The van der Waals surface area contributed by atoms with Crippen molar-refractivity contribution in [3.05, 3.63) is 29.6 Å². The number of rotatable bonds is 4. The van der Waals surface area contributed by atoms with Gasteiger partial charge in [-0.1, -0.05) is 0 Å². The van der Waals surface area contributed by atoms with Gasteiger partial charge in [0.05, 0.1) is 12.2 Å². The fourth-order valence-electron chi connectivity index (χ4n) is 1.27. The lowest BCUT2D eigenvalue weighted by molar-refractivity contribution is -0.129. The van der Waals surface area contributed by atoms with E-state index in [9.17, 15) is 18.0 Å². The van der Waals surface area contributed by atoms with Crippen molar-refractivity contribution < 1.29 is 18.0 Å². The van der Waals surface area contributed by atoms with Crippen LogP contribution in [-0.2, 0) is 4.79 Å². The zero-order valence-corrected chi connectivity index (χ0v) is 10.4. The Labute approximate surface area is 104 Å². The molecule has 0 aliphatic heterocycles. The number of nitrogens with zero attached hydrogens (tertiary/aromatic N) is 1. The number of hydrogen-bond donors (Lipinski definition) is 1. The Morgan fingerprint density at radius 3 is 2.50 bits per heavy atom. The Morgan fingerprint density at radius 2 is 1.94 bits per heavy atom. The Hall–Kier alpha value is -1.72. The topological polar surface area (TPSA) is 32.3 Å². The van der Waals surface area contributed by atoms with Gasteiger partial charge in [-0.3, -0.25) is 4.79 Å². The summed E-state index contributed by atoms with van der Waals surface area (Å²) in [7, 11) is 1.59. The van der Waals surface area contributed by atoms with E-state index in [0.29, 0.717) is 6.07 Å². The van der Waals surface area contributed by atoms with E-state index in [1.807, 2.05) is 13.8 Å². The first-order valence-electron chi connectivity index (χ1n) is 5.47. The number of amides is 1. The molecule has 1 aromatic carbocycles. The van der Waals surface area contributed by atoms with Crippen LogP contribution in [0.15, 0.2) is 12.1 Å². The minimum Gasteiger partial charge on any atom is -0.374 e. The molecule has 0 bridgehead atoms. The third kappa shape index (κ3) is 3.38. The van der Waals surface area contributed by atoms with E-state index in [-0.39, 0.29) is 24.2 Å². The van der Waals surface area contributed by atoms with Crippen LogP contribution in [0.3, 0.4) is 0 Å². The highest BCUT2D eigenvalue weighted by Gasteiger charge is 2.14. The van der Waals surface area contributed by atoms with Gasteiger partial charge >= 0.3 is 0 Å². The van der Waals surface area contributed by atoms with Crippen molar-refractivity contribution in [3.8, 4) is 0 Å². The van der Waals surface area contributed by atoms with E-state index in [2.05, 4.69) is 5.32 Å². The molecule has 6 heteroatoms. The first-order valence-corrected chi connectivity index (χ1v) is 5.47. The first kappa shape index (κ1) is 14.3. The molecule has 0 heterocycles. The van der Waals surface area contributed by atoms with E-state index in [0.717, 1.165) is 6.07 Å². The van der Waals surface area contributed by atoms with Gasteiger partial charge in [0.1, 0.15) is 5.82 Å². The van der Waals surface area contributed by atoms with Gasteiger partial charge in [-0.2, -0.15) is 0 Å². The summed E-state index contributed by atoms with van der Waals surface area (Å²) in [5, 5.41) is 2.38. The minimum atomic E-state index is -1.29. The molecule has 0 radical (unpaired) electrons. The number of carbonyl (C=O) groups is 1. The highest BCUT2D eigenvalue weighted by molar-refractivity contribution is 5.80. The second-order valence-electron chi connectivity index (χ2n) is 4.20. The number of nitrogens with one attached hydrogen (secondary N) is 1. The highest BCUT2D eigenvalue weighted by atomic mass is 19.2. The molecule has 0 saturated carbocycles. The number of anilines is 1. The summed E-state index contributed by atoms with van der Waals surface area (Å²) in [5.74, 6) is -3.69. The van der Waals surface area contributed by atoms with E-state index in [1.54, 1.807) is 7.05 Å². The maximum absolute atomic E-state index is 13.3. The average Bonchev–Trinajstić information content (AvgIpc) is 2.30. The summed E-state index contributed by atoms with van der Waals surface area (Å²) < 4.78 is 39.0. The first-order chi connectivity index (χ1) is 8.32. The standard InChI is InChI=1S/C12H15F3N2O/c1-7(2)17(3)11(18)6-16-10-5-8(13)4-9(14)12(10)15/h4-5,7,16H,6H2,1-3H3. The molecule has 3 nitrogen and oxygen atoms in total. The van der Waals surface area contributed by atoms with Gasteiger partial charge in [0.2, 0.25) is 5.91 Å². The molecule has 0 aromatic heterocycles. The molecule has 1 amide bonds. The lowest BCUT2D eigenvalue weighted by Crippen LogP contribution is -2.37. The molecule has 1 aromatic rings. The number of carbonyl (C=O) groups excluding carboxylic acids is 1. The van der Waals surface area contributed by atoms with Gasteiger partial charge in [-0.15, -0.1) is 0 Å². The van der Waals surface area contributed by atoms with Crippen molar-refractivity contribution in [1.82, 2.24) is 4.90 Å². The summed E-state index contributed by atoms with van der Waals surface area (Å²) >= 11 is 0. The van der Waals surface area contributed by atoms with E-state index < -0.39 is 17.5 Å². The SMILES string of the molecule is CC(C)N(C)C(=O)CNc1cc(F)cc(F)c1F. The van der Waals surface area contributed by atoms with Crippen LogP contribution < -0.4 is 5.32 Å². The molecule has 0 fully saturated rings. The van der Waals surface area contributed by atoms with Crippen LogP contribution in [0.25, 0.3) is 0 Å². The second kappa shape index (κ2) is 5.75. The van der Waals surface area contributed by atoms with Crippen LogP contribution >= 0.6 is 0 Å². The van der Waals surface area contributed by atoms with Gasteiger partial charge in [0.15, 0.2) is 11.6 Å². The van der Waals surface area contributed by atoms with Crippen molar-refractivity contribution in [2.45, 2.75) is 19.9 Å². The van der Waals surface area contributed by atoms with Crippen LogP contribution in [0, 0.1) is 17.5 Å². The summed E-state index contributed by atoms with van der Waals surface area (Å²) in [6, 6.07) is 1.25. The Balaban J connectivity index is 2.72. The van der Waals surface area contributed by atoms with Crippen molar-refractivity contribution in [2.75, 3.05) is 18.9 Å². The van der Waals surface area contributed by atoms with Gasteiger partial charge in [0, 0.05) is 25.2 Å². The number of hydrogen-bond acceptors (Lipinski definition) is 2. The molecular formula is C12H15F3N2O. The third-order valence-electron chi connectivity index (χ3n) is 2.59. The Bertz CT molecular complexity index is 449. The lowest BCUT2D eigenvalue weighted by Gasteiger charge is -2.21. The molecule has 0 spiro atoms. The number of halogens is 3. The Kier molecular flexibility index (Phi) is 4.58. The normalized spacial score (nSPS) is 10.6. The quantitative estimate of drug-likeness (QED) is 0.843. The predicted molar refractivity (Wildman–Crippen MR) is 62.7 cm³/mol. The van der Waals surface area contributed by atoms with E-state index >= 15 is 0 Å². The van der Waals surface area contributed by atoms with E-state index in [1.165, 1.54) is 4.90 Å². The monoisotopic (exact) mass is 260 g/mol. The predicted octanol–water partition coefficient (Wildman–Crippen LogP) is 2.38. The summed E-state index contributed by atoms with van der Waals surface area (Å²) in [4.78, 5) is 13.0. The second-order valence-corrected chi connectivity index (χ2v) is 4.20. The zero-order valence-electron chi connectivity index (χ0n) is 10.4. The number of likely N-dealkylation sites (N-methyl/N-ethyl adjacent to an activating group) is 1. The highest BCUT2D eigenvalue weighted by Crippen LogP contribution is 2.18. The van der Waals surface area contributed by atoms with Crippen LogP contribution in [0.2, 0.25) is 0 Å². The van der Waals surface area contributed by atoms with Crippen molar-refractivity contribution >= 4 is 11.6 Å². The zero-order chi connectivity index (χ0) is 13.9. The summed E-state index contributed by atoms with van der Waals surface area (Å²) in [5.41, 5.74) is -0.363. The molecule has 100 valence electrons. The summed E-state index contributed by atoms with van der Waals surface area (Å²) in [6.07, 6.45) is 0. The molecule has 0 aliphatic rings. The van der Waals surface area contributed by atoms with Crippen molar-refractivity contribution in [1.29, 1.82) is 0 Å². The maximum atomic E-state index is 13.3. The summed E-state index contributed by atoms with van der Waals surface area (Å²) in [6.45, 7) is 3.41. The molecule has 1 rings (SSSR count). The average molecular weight is 260 g/mol. The molecule has 0 atom stereocenters. The number of benzene rings is 1. The van der Waals surface area contributed by atoms with Gasteiger partial charge < -0.3 is 10.2 Å². The van der Waals surface area contributed by atoms with Crippen LogP contribution in [-0.4, -0.2) is 30.4 Å². The van der Waals surface area contributed by atoms with Gasteiger partial charge in [-0.25, -0.2) is 13.2 Å². The molecule has 0 saturated heterocycles. The smallest absolute Gasteiger partial charge is 0.241 e. The van der Waals surface area contributed by atoms with Crippen molar-refractivity contribution in [3.63, 3.8) is 0 Å². The molecular weight excluding hydrogens is 245 g/mol. The van der Waals surface area contributed by atoms with Crippen molar-refractivity contribution in [2.24, 2.45) is 0 Å². The van der Waals surface area contributed by atoms with Crippen LogP contribution in [0.1, 0.15) is 13.8 Å². The Morgan fingerprint density at radius 1 is 1.33 bits per heavy atom. The fourth-order valence-corrected chi connectivity index (χ4v) is 1.27. The maximum Gasteiger partial charge on any atom is 0.241 e. The molecule has 18 heavy (non-hydrogen) atoms.